The van der Waals surface area contributed by atoms with Gasteiger partial charge in [-0.3, -0.25) is 4.90 Å². The van der Waals surface area contributed by atoms with Gasteiger partial charge in [0.05, 0.1) is 10.6 Å². The lowest BCUT2D eigenvalue weighted by atomic mass is 10.1. The van der Waals surface area contributed by atoms with Crippen molar-refractivity contribution < 1.29 is 36.0 Å². The number of aryl methyl sites for hydroxylation is 1. The zero-order valence-corrected chi connectivity index (χ0v) is 23.7. The second-order valence-electron chi connectivity index (χ2n) is 9.95. The first-order chi connectivity index (χ1) is 20.9. The number of fused-ring (bicyclic) bond motifs is 1. The molecule has 0 radical (unpaired) electrons. The molecule has 1 amide bonds. The number of carboxylic acid groups (broad SMARTS) is 1. The molecule has 4 aromatic heterocycles. The number of halogens is 3. The maximum Gasteiger partial charge on any atom is 0.419 e. The van der Waals surface area contributed by atoms with E-state index in [1.165, 1.54) is 36.4 Å². The van der Waals surface area contributed by atoms with E-state index in [2.05, 4.69) is 30.4 Å². The van der Waals surface area contributed by atoms with E-state index in [0.29, 0.717) is 25.5 Å². The fourth-order valence-corrected chi connectivity index (χ4v) is 6.34. The van der Waals surface area contributed by atoms with Gasteiger partial charge < -0.3 is 14.9 Å². The van der Waals surface area contributed by atoms with Gasteiger partial charge in [0.2, 0.25) is 17.7 Å². The number of rotatable bonds is 6. The zero-order chi connectivity index (χ0) is 31.2. The molecule has 5 heterocycles. The van der Waals surface area contributed by atoms with Crippen molar-refractivity contribution in [3.05, 3.63) is 66.3 Å². The minimum Gasteiger partial charge on any atom is -0.465 e. The quantitative estimate of drug-likeness (QED) is 0.259. The van der Waals surface area contributed by atoms with Crippen LogP contribution in [0.15, 0.2) is 64.3 Å². The summed E-state index contributed by atoms with van der Waals surface area (Å²) in [4.78, 5) is 29.3. The van der Waals surface area contributed by atoms with Gasteiger partial charge in [-0.1, -0.05) is 23.4 Å². The van der Waals surface area contributed by atoms with Crippen molar-refractivity contribution in [1.82, 2.24) is 34.0 Å². The molecule has 1 unspecified atom stereocenters. The minimum atomic E-state index is -4.92. The molecule has 1 fully saturated rings. The van der Waals surface area contributed by atoms with E-state index in [0.717, 1.165) is 15.1 Å². The van der Waals surface area contributed by atoms with Crippen LogP contribution in [-0.4, -0.2) is 66.3 Å². The van der Waals surface area contributed by atoms with E-state index in [1.54, 1.807) is 13.0 Å². The Kier molecular flexibility index (Phi) is 7.19. The molecule has 1 aliphatic heterocycles. The van der Waals surface area contributed by atoms with Gasteiger partial charge in [0, 0.05) is 36.8 Å². The Morgan fingerprint density at radius 2 is 1.86 bits per heavy atom. The Bertz CT molecular complexity index is 1980. The van der Waals surface area contributed by atoms with E-state index >= 15 is 0 Å². The molecule has 1 atom stereocenters. The Hall–Kier alpha value is -5.06. The van der Waals surface area contributed by atoms with Crippen LogP contribution in [0.25, 0.3) is 33.8 Å². The standard InChI is InChI=1S/C27H23F3N8O5S/c1-15-32-23(36-43-15)20-11-10-17-18(14-38(24(17)33-20)44(41,42)16-7-3-2-4-8-16)22-19(27(28,29)30)13-31-25(35-22)34-21-9-5-6-12-37(21)26(39)40/h2-4,7-8,10-11,13-14,21H,5-6,9,12H2,1H3,(H,39,40)(H,31,34,35). The number of nitrogens with one attached hydrogen (secondary N) is 1. The highest BCUT2D eigenvalue weighted by molar-refractivity contribution is 7.90. The molecule has 1 saturated heterocycles. The summed E-state index contributed by atoms with van der Waals surface area (Å²) in [6.07, 6.45) is -3.56. The summed E-state index contributed by atoms with van der Waals surface area (Å²) in [5, 5.41) is 16.3. The average molecular weight is 629 g/mol. The number of hydrogen-bond acceptors (Lipinski definition) is 10. The van der Waals surface area contributed by atoms with Crippen LogP contribution in [0.4, 0.5) is 23.9 Å². The molecule has 2 N–H and O–H groups in total. The highest BCUT2D eigenvalue weighted by atomic mass is 32.2. The highest BCUT2D eigenvalue weighted by Gasteiger charge is 2.37. The lowest BCUT2D eigenvalue weighted by molar-refractivity contribution is -0.137. The molecule has 1 aromatic carbocycles. The van der Waals surface area contributed by atoms with E-state index in [9.17, 15) is 31.5 Å². The first-order valence-electron chi connectivity index (χ1n) is 13.3. The van der Waals surface area contributed by atoms with Crippen LogP contribution in [0.2, 0.25) is 0 Å². The Morgan fingerprint density at radius 3 is 2.55 bits per heavy atom. The Balaban J connectivity index is 1.56. The van der Waals surface area contributed by atoms with E-state index in [-0.39, 0.29) is 51.4 Å². The van der Waals surface area contributed by atoms with Crippen LogP contribution in [0.3, 0.4) is 0 Å². The van der Waals surface area contributed by atoms with Gasteiger partial charge in [-0.2, -0.15) is 18.2 Å². The number of nitrogens with zero attached hydrogens (tertiary/aromatic N) is 7. The normalized spacial score (nSPS) is 15.9. The summed E-state index contributed by atoms with van der Waals surface area (Å²) in [5.74, 6) is 0.0192. The highest BCUT2D eigenvalue weighted by Crippen LogP contribution is 2.40. The third-order valence-electron chi connectivity index (χ3n) is 7.07. The van der Waals surface area contributed by atoms with Crippen LogP contribution >= 0.6 is 0 Å². The van der Waals surface area contributed by atoms with Crippen molar-refractivity contribution in [2.24, 2.45) is 0 Å². The molecular formula is C27H23F3N8O5S. The Labute approximate surface area is 247 Å². The van der Waals surface area contributed by atoms with Gasteiger partial charge in [-0.25, -0.2) is 32.1 Å². The summed E-state index contributed by atoms with van der Waals surface area (Å²) in [7, 11) is -4.37. The molecule has 0 saturated carbocycles. The monoisotopic (exact) mass is 628 g/mol. The molecular weight excluding hydrogens is 605 g/mol. The van der Waals surface area contributed by atoms with Crippen molar-refractivity contribution in [2.75, 3.05) is 11.9 Å². The number of alkyl halides is 3. The number of hydrogen-bond donors (Lipinski definition) is 2. The topological polar surface area (TPSA) is 169 Å². The summed E-state index contributed by atoms with van der Waals surface area (Å²) in [6.45, 7) is 1.79. The van der Waals surface area contributed by atoms with Crippen LogP contribution in [-0.2, 0) is 16.2 Å². The van der Waals surface area contributed by atoms with Gasteiger partial charge in [0.15, 0.2) is 5.65 Å². The number of anilines is 1. The molecule has 0 spiro atoms. The summed E-state index contributed by atoms with van der Waals surface area (Å²) in [6, 6.07) is 10.2. The zero-order valence-electron chi connectivity index (χ0n) is 22.9. The molecule has 0 aliphatic carbocycles. The van der Waals surface area contributed by atoms with E-state index < -0.39 is 39.7 Å². The maximum absolute atomic E-state index is 14.3. The summed E-state index contributed by atoms with van der Waals surface area (Å²) < 4.78 is 76.4. The number of pyridine rings is 1. The van der Waals surface area contributed by atoms with Gasteiger partial charge in [0.1, 0.15) is 17.4 Å². The first kappa shape index (κ1) is 29.0. The largest absolute Gasteiger partial charge is 0.465 e. The molecule has 17 heteroatoms. The third kappa shape index (κ3) is 5.29. The number of benzene rings is 1. The first-order valence-corrected chi connectivity index (χ1v) is 14.7. The molecule has 44 heavy (non-hydrogen) atoms. The molecule has 1 aliphatic rings. The van der Waals surface area contributed by atoms with Crippen molar-refractivity contribution >= 4 is 33.1 Å². The second kappa shape index (κ2) is 10.9. The van der Waals surface area contributed by atoms with Crippen molar-refractivity contribution in [3.63, 3.8) is 0 Å². The maximum atomic E-state index is 14.3. The fraction of sp³-hybridized carbons (Fsp3) is 0.259. The molecule has 0 bridgehead atoms. The SMILES string of the molecule is Cc1nc(-c2ccc3c(-c4nc(NC5CCCCN5C(=O)O)ncc4C(F)(F)F)cn(S(=O)(=O)c4ccccc4)c3n2)no1. The predicted octanol–water partition coefficient (Wildman–Crippen LogP) is 5.01. The molecule has 228 valence electrons. The molecule has 6 rings (SSSR count). The van der Waals surface area contributed by atoms with Crippen molar-refractivity contribution in [1.29, 1.82) is 0 Å². The van der Waals surface area contributed by atoms with E-state index in [1.807, 2.05) is 0 Å². The molecule has 5 aromatic rings. The van der Waals surface area contributed by atoms with Crippen molar-refractivity contribution in [3.8, 4) is 22.8 Å². The lowest BCUT2D eigenvalue weighted by Crippen LogP contribution is -2.47. The smallest absolute Gasteiger partial charge is 0.419 e. The number of likely N-dealkylation sites (tertiary alicyclic amines) is 1. The van der Waals surface area contributed by atoms with Crippen molar-refractivity contribution in [2.45, 2.75) is 43.4 Å². The minimum absolute atomic E-state index is 0.0356. The molecule has 13 nitrogen and oxygen atoms in total. The second-order valence-corrected chi connectivity index (χ2v) is 11.8. The van der Waals surface area contributed by atoms with Gasteiger partial charge in [0.25, 0.3) is 10.0 Å². The number of piperidine rings is 1. The Morgan fingerprint density at radius 1 is 1.09 bits per heavy atom. The average Bonchev–Trinajstić information content (AvgIpc) is 3.61. The van der Waals surface area contributed by atoms with Crippen LogP contribution < -0.4 is 5.32 Å². The van der Waals surface area contributed by atoms with Crippen LogP contribution in [0.1, 0.15) is 30.7 Å². The summed E-state index contributed by atoms with van der Waals surface area (Å²) >= 11 is 0. The van der Waals surface area contributed by atoms with Gasteiger partial charge in [-0.15, -0.1) is 0 Å². The van der Waals surface area contributed by atoms with E-state index in [4.69, 9.17) is 4.52 Å². The van der Waals surface area contributed by atoms with Gasteiger partial charge >= 0.3 is 12.3 Å². The fourth-order valence-electron chi connectivity index (χ4n) is 5.00. The number of aromatic nitrogens is 6. The summed E-state index contributed by atoms with van der Waals surface area (Å²) in [5.41, 5.74) is -2.12. The van der Waals surface area contributed by atoms with Gasteiger partial charge in [-0.05, 0) is 43.5 Å². The number of carbonyl (C=O) groups is 1. The predicted molar refractivity (Wildman–Crippen MR) is 149 cm³/mol. The lowest BCUT2D eigenvalue weighted by Gasteiger charge is -2.33. The third-order valence-corrected chi connectivity index (χ3v) is 8.73. The number of amides is 1. The van der Waals surface area contributed by atoms with Crippen LogP contribution in [0, 0.1) is 6.92 Å². The van der Waals surface area contributed by atoms with Crippen LogP contribution in [0.5, 0.6) is 0 Å².